The van der Waals surface area contributed by atoms with E-state index in [9.17, 15) is 25.0 Å². The van der Waals surface area contributed by atoms with E-state index in [1.165, 1.54) is 12.1 Å². The lowest BCUT2D eigenvalue weighted by Gasteiger charge is -2.32. The zero-order chi connectivity index (χ0) is 26.6. The molecule has 38 heavy (non-hydrogen) atoms. The second-order valence-electron chi connectivity index (χ2n) is 9.82. The zero-order valence-corrected chi connectivity index (χ0v) is 21.7. The molecule has 2 fully saturated rings. The van der Waals surface area contributed by atoms with E-state index in [4.69, 9.17) is 4.74 Å². The molecule has 3 aromatic rings. The number of para-hydroxylation sites is 1. The molecule has 0 aromatic heterocycles. The van der Waals surface area contributed by atoms with Gasteiger partial charge in [-0.15, -0.1) is 0 Å². The maximum absolute atomic E-state index is 13.7. The third-order valence-corrected chi connectivity index (χ3v) is 8.46. The number of non-ortho nitro benzene ring substituents is 1. The monoisotopic (exact) mass is 578 g/mol. The van der Waals surface area contributed by atoms with Crippen LogP contribution >= 0.6 is 15.9 Å². The van der Waals surface area contributed by atoms with Crippen LogP contribution in [-0.2, 0) is 16.9 Å². The van der Waals surface area contributed by atoms with E-state index in [0.717, 1.165) is 22.9 Å². The molecule has 2 saturated heterocycles. The number of ether oxygens (including phenoxy) is 1. The number of benzene rings is 3. The number of nitro benzene ring substituents is 1. The average Bonchev–Trinajstić information content (AvgIpc) is 3.56. The topological polar surface area (TPSA) is 128 Å². The number of carbonyl (C=O) groups excluding carboxylic acids is 1. The predicted octanol–water partition coefficient (Wildman–Crippen LogP) is 4.99. The average molecular weight is 579 g/mol. The van der Waals surface area contributed by atoms with Crippen molar-refractivity contribution in [2.75, 3.05) is 11.9 Å². The number of halogens is 1. The maximum atomic E-state index is 13.7. The van der Waals surface area contributed by atoms with Crippen molar-refractivity contribution in [3.05, 3.63) is 108 Å². The first-order valence-corrected chi connectivity index (χ1v) is 13.1. The van der Waals surface area contributed by atoms with Gasteiger partial charge in [0.25, 0.3) is 17.6 Å². The van der Waals surface area contributed by atoms with Crippen molar-refractivity contribution >= 4 is 33.2 Å². The number of carbonyl (C=O) groups is 1. The Kier molecular flexibility index (Phi) is 5.92. The van der Waals surface area contributed by atoms with Crippen LogP contribution < -0.4 is 10.1 Å². The fourth-order valence-corrected chi connectivity index (χ4v) is 6.91. The van der Waals surface area contributed by atoms with Crippen LogP contribution in [0.25, 0.3) is 0 Å². The number of fused-ring (bicyclic) bond motifs is 4. The third kappa shape index (κ3) is 3.60. The van der Waals surface area contributed by atoms with Crippen LogP contribution in [0.3, 0.4) is 0 Å². The van der Waals surface area contributed by atoms with E-state index in [2.05, 4.69) is 21.2 Å². The molecule has 0 radical (unpaired) electrons. The van der Waals surface area contributed by atoms with Gasteiger partial charge in [0.05, 0.1) is 10.8 Å². The van der Waals surface area contributed by atoms with Crippen molar-refractivity contribution in [2.45, 2.75) is 43.0 Å². The molecule has 1 N–H and O–H groups in total. The first-order chi connectivity index (χ1) is 18.3. The number of amides is 1. The molecular formula is C27H23BrN4O6. The minimum Gasteiger partial charge on any atom is -0.489 e. The van der Waals surface area contributed by atoms with Gasteiger partial charge in [-0.3, -0.25) is 29.9 Å². The van der Waals surface area contributed by atoms with Crippen LogP contribution in [0.4, 0.5) is 11.4 Å². The Bertz CT molecular complexity index is 1460. The number of nitrogens with zero attached hydrogens (tertiary/aromatic N) is 3. The summed E-state index contributed by atoms with van der Waals surface area (Å²) in [6, 6.07) is 17.3. The van der Waals surface area contributed by atoms with Crippen LogP contribution in [0, 0.1) is 20.2 Å². The highest BCUT2D eigenvalue weighted by Gasteiger charge is 2.73. The van der Waals surface area contributed by atoms with Gasteiger partial charge in [-0.25, -0.2) is 0 Å². The smallest absolute Gasteiger partial charge is 0.269 e. The van der Waals surface area contributed by atoms with E-state index in [-0.39, 0.29) is 29.2 Å². The normalized spacial score (nSPS) is 25.7. The summed E-state index contributed by atoms with van der Waals surface area (Å²) in [5.74, 6) is -0.481. The van der Waals surface area contributed by atoms with Gasteiger partial charge in [0.15, 0.2) is 5.54 Å². The molecule has 3 heterocycles. The minimum atomic E-state index is -1.41. The molecule has 3 aliphatic rings. The first-order valence-electron chi connectivity index (χ1n) is 12.3. The number of hydrogen-bond acceptors (Lipinski definition) is 7. The van der Waals surface area contributed by atoms with Crippen molar-refractivity contribution in [3.63, 3.8) is 0 Å². The van der Waals surface area contributed by atoms with E-state index >= 15 is 0 Å². The summed E-state index contributed by atoms with van der Waals surface area (Å²) in [6.07, 6.45) is 1.55. The molecule has 6 rings (SSSR count). The van der Waals surface area contributed by atoms with Gasteiger partial charge in [0.1, 0.15) is 12.4 Å². The van der Waals surface area contributed by atoms with Gasteiger partial charge >= 0.3 is 0 Å². The zero-order valence-electron chi connectivity index (χ0n) is 20.1. The SMILES string of the molecule is O=C1Nc2ccccc2[C@]12[C@H]([N+](=O)[O-])[C@@H](c1cc(Br)ccc1OCc1ccc([N+](=O)[O-])cc1)[C@@H]1CCCN12. The number of nitro groups is 2. The molecule has 0 unspecified atom stereocenters. The Morgan fingerprint density at radius 1 is 1.08 bits per heavy atom. The Morgan fingerprint density at radius 2 is 1.84 bits per heavy atom. The first kappa shape index (κ1) is 24.5. The summed E-state index contributed by atoms with van der Waals surface area (Å²) in [7, 11) is 0. The molecule has 1 spiro atoms. The number of hydrogen-bond donors (Lipinski definition) is 1. The van der Waals surface area contributed by atoms with Crippen LogP contribution in [0.2, 0.25) is 0 Å². The summed E-state index contributed by atoms with van der Waals surface area (Å²) in [5.41, 5.74) is 1.21. The Morgan fingerprint density at radius 3 is 2.58 bits per heavy atom. The molecule has 3 aliphatic heterocycles. The lowest BCUT2D eigenvalue weighted by molar-refractivity contribution is -0.534. The Labute approximate surface area is 226 Å². The molecule has 0 aliphatic carbocycles. The predicted molar refractivity (Wildman–Crippen MR) is 142 cm³/mol. The van der Waals surface area contributed by atoms with Crippen LogP contribution in [-0.4, -0.2) is 39.3 Å². The molecular weight excluding hydrogens is 556 g/mol. The quantitative estimate of drug-likeness (QED) is 0.322. The molecule has 0 bridgehead atoms. The van der Waals surface area contributed by atoms with Gasteiger partial charge in [0, 0.05) is 50.9 Å². The van der Waals surface area contributed by atoms with Crippen molar-refractivity contribution in [1.29, 1.82) is 0 Å². The van der Waals surface area contributed by atoms with Crippen LogP contribution in [0.5, 0.6) is 5.75 Å². The summed E-state index contributed by atoms with van der Waals surface area (Å²) in [4.78, 5) is 38.8. The summed E-state index contributed by atoms with van der Waals surface area (Å²) >= 11 is 3.52. The molecule has 4 atom stereocenters. The number of rotatable bonds is 6. The summed E-state index contributed by atoms with van der Waals surface area (Å²) in [5, 5.41) is 26.8. The van der Waals surface area contributed by atoms with Gasteiger partial charge in [0.2, 0.25) is 0 Å². The molecule has 0 saturated carbocycles. The van der Waals surface area contributed by atoms with Crippen molar-refractivity contribution in [3.8, 4) is 5.75 Å². The molecule has 11 heteroatoms. The maximum Gasteiger partial charge on any atom is 0.269 e. The standard InChI is InChI=1S/C27H23BrN4O6/c28-17-9-12-23(38-15-16-7-10-18(11-8-16)31(34)35)19(14-17)24-22-6-3-13-30(22)27(25(24)32(36)37)20-4-1-2-5-21(20)29-26(27)33/h1-2,4-5,7-12,14,22,24-25H,3,6,13,15H2,(H,29,33)/t22-,24-,25+,27-/m0/s1. The highest BCUT2D eigenvalue weighted by atomic mass is 79.9. The third-order valence-electron chi connectivity index (χ3n) is 7.97. The van der Waals surface area contributed by atoms with Crippen molar-refractivity contribution in [2.24, 2.45) is 0 Å². The summed E-state index contributed by atoms with van der Waals surface area (Å²) < 4.78 is 6.93. The van der Waals surface area contributed by atoms with Crippen LogP contribution in [0.1, 0.15) is 35.4 Å². The van der Waals surface area contributed by atoms with E-state index in [1.807, 2.05) is 35.2 Å². The lowest BCUT2D eigenvalue weighted by atomic mass is 9.77. The fraction of sp³-hybridized carbons (Fsp3) is 0.296. The molecule has 3 aromatic carbocycles. The molecule has 10 nitrogen and oxygen atoms in total. The van der Waals surface area contributed by atoms with E-state index in [0.29, 0.717) is 29.1 Å². The van der Waals surface area contributed by atoms with Crippen LogP contribution in [0.15, 0.2) is 71.2 Å². The van der Waals surface area contributed by atoms with Gasteiger partial charge in [-0.1, -0.05) is 34.1 Å². The fourth-order valence-electron chi connectivity index (χ4n) is 6.53. The minimum absolute atomic E-state index is 0.0143. The lowest BCUT2D eigenvalue weighted by Crippen LogP contribution is -2.55. The van der Waals surface area contributed by atoms with Gasteiger partial charge in [-0.2, -0.15) is 0 Å². The largest absolute Gasteiger partial charge is 0.489 e. The highest BCUT2D eigenvalue weighted by molar-refractivity contribution is 9.10. The Balaban J connectivity index is 1.43. The number of anilines is 1. The van der Waals surface area contributed by atoms with Crippen molar-refractivity contribution < 1.29 is 19.4 Å². The number of nitrogens with one attached hydrogen (secondary N) is 1. The Hall–Kier alpha value is -3.83. The van der Waals surface area contributed by atoms with Gasteiger partial charge < -0.3 is 10.1 Å². The van der Waals surface area contributed by atoms with Crippen molar-refractivity contribution in [1.82, 2.24) is 4.90 Å². The van der Waals surface area contributed by atoms with E-state index < -0.39 is 22.4 Å². The summed E-state index contributed by atoms with van der Waals surface area (Å²) in [6.45, 7) is 0.714. The van der Waals surface area contributed by atoms with Gasteiger partial charge in [-0.05, 0) is 54.8 Å². The highest BCUT2D eigenvalue weighted by Crippen LogP contribution is 2.59. The second kappa shape index (κ2) is 9.17. The molecule has 194 valence electrons. The van der Waals surface area contributed by atoms with E-state index in [1.54, 1.807) is 24.3 Å². The second-order valence-corrected chi connectivity index (χ2v) is 10.7. The molecule has 1 amide bonds.